The molecule has 1 radical (unpaired) electrons. The van der Waals surface area contributed by atoms with Gasteiger partial charge in [0.15, 0.2) is 0 Å². The van der Waals surface area contributed by atoms with Gasteiger partial charge < -0.3 is 0 Å². The third-order valence-corrected chi connectivity index (χ3v) is 1.26. The van der Waals surface area contributed by atoms with Crippen LogP contribution >= 0.6 is 0 Å². The molecular weight excluding hydrogens is 140 g/mol. The van der Waals surface area contributed by atoms with Crippen LogP contribution in [0.2, 0.25) is 0 Å². The zero-order chi connectivity index (χ0) is 7.52. The zero-order valence-corrected chi connectivity index (χ0v) is 5.68. The summed E-state index contributed by atoms with van der Waals surface area (Å²) in [5, 5.41) is 3.92. The second kappa shape index (κ2) is 2.49. The fourth-order valence-corrected chi connectivity index (χ4v) is 0.778. The van der Waals surface area contributed by atoms with E-state index in [0.29, 0.717) is 0 Å². The van der Waals surface area contributed by atoms with Crippen molar-refractivity contribution in [2.24, 2.45) is 0 Å². The van der Waals surface area contributed by atoms with Gasteiger partial charge in [-0.05, 0) is 12.1 Å². The summed E-state index contributed by atoms with van der Waals surface area (Å²) in [5.41, 5.74) is 0.796. The molecule has 0 aliphatic carbocycles. The van der Waals surface area contributed by atoms with Crippen molar-refractivity contribution in [3.05, 3.63) is 37.2 Å². The van der Waals surface area contributed by atoms with Crippen molar-refractivity contribution in [2.75, 3.05) is 0 Å². The average molecular weight is 145 g/mol. The summed E-state index contributed by atoms with van der Waals surface area (Å²) in [4.78, 5) is 7.63. The lowest BCUT2D eigenvalue weighted by Gasteiger charge is -1.94. The van der Waals surface area contributed by atoms with E-state index in [1.165, 1.54) is 6.33 Å². The SMILES string of the molecule is [c]1ncccc1-n1cncn1. The van der Waals surface area contributed by atoms with Crippen molar-refractivity contribution in [1.82, 2.24) is 19.7 Å². The maximum absolute atomic E-state index is 3.92. The lowest BCUT2D eigenvalue weighted by molar-refractivity contribution is 0.870. The Bertz CT molecular complexity index is 313. The van der Waals surface area contributed by atoms with Crippen molar-refractivity contribution in [3.8, 4) is 5.69 Å². The molecule has 0 aliphatic heterocycles. The van der Waals surface area contributed by atoms with Gasteiger partial charge in [0.25, 0.3) is 0 Å². The lowest BCUT2D eigenvalue weighted by atomic mass is 10.4. The van der Waals surface area contributed by atoms with E-state index in [0.717, 1.165) is 5.69 Å². The molecule has 0 N–H and O–H groups in total. The van der Waals surface area contributed by atoms with E-state index < -0.39 is 0 Å². The monoisotopic (exact) mass is 145 g/mol. The highest BCUT2D eigenvalue weighted by atomic mass is 15.3. The van der Waals surface area contributed by atoms with Crippen molar-refractivity contribution in [1.29, 1.82) is 0 Å². The van der Waals surface area contributed by atoms with Gasteiger partial charge in [0, 0.05) is 6.20 Å². The molecule has 53 valence electrons. The predicted molar refractivity (Wildman–Crippen MR) is 38.0 cm³/mol. The largest absolute Gasteiger partial charge is 0.252 e. The van der Waals surface area contributed by atoms with Crippen molar-refractivity contribution in [2.45, 2.75) is 0 Å². The Balaban J connectivity index is 2.46. The molecule has 0 fully saturated rings. The van der Waals surface area contributed by atoms with Crippen LogP contribution in [0.15, 0.2) is 31.0 Å². The van der Waals surface area contributed by atoms with Gasteiger partial charge in [0.2, 0.25) is 0 Å². The van der Waals surface area contributed by atoms with E-state index >= 15 is 0 Å². The molecule has 4 nitrogen and oxygen atoms in total. The Hall–Kier alpha value is -1.71. The third-order valence-electron chi connectivity index (χ3n) is 1.26. The van der Waals surface area contributed by atoms with Gasteiger partial charge in [-0.2, -0.15) is 5.10 Å². The van der Waals surface area contributed by atoms with Gasteiger partial charge >= 0.3 is 0 Å². The standard InChI is InChI=1S/C7H5N4/c1-2-7(4-8-3-1)11-6-9-5-10-11/h1-3,5-6H. The van der Waals surface area contributed by atoms with Gasteiger partial charge in [-0.25, -0.2) is 9.67 Å². The number of hydrogen-bond donors (Lipinski definition) is 0. The number of rotatable bonds is 1. The van der Waals surface area contributed by atoms with Gasteiger partial charge in [-0.1, -0.05) is 0 Å². The van der Waals surface area contributed by atoms with E-state index in [9.17, 15) is 0 Å². The first-order valence-corrected chi connectivity index (χ1v) is 3.14. The van der Waals surface area contributed by atoms with Crippen LogP contribution in [0.25, 0.3) is 5.69 Å². The molecule has 2 rings (SSSR count). The van der Waals surface area contributed by atoms with E-state index in [1.54, 1.807) is 17.2 Å². The maximum atomic E-state index is 3.92. The Morgan fingerprint density at radius 3 is 3.09 bits per heavy atom. The summed E-state index contributed by atoms with van der Waals surface area (Å²) in [5.74, 6) is 0. The minimum Gasteiger partial charge on any atom is -0.252 e. The van der Waals surface area contributed by atoms with Crippen molar-refractivity contribution >= 4 is 0 Å². The molecule has 11 heavy (non-hydrogen) atoms. The molecule has 2 aromatic rings. The Morgan fingerprint density at radius 1 is 1.45 bits per heavy atom. The summed E-state index contributed by atoms with van der Waals surface area (Å²) in [6.45, 7) is 0. The summed E-state index contributed by atoms with van der Waals surface area (Å²) < 4.78 is 1.60. The van der Waals surface area contributed by atoms with Gasteiger partial charge in [-0.15, -0.1) is 0 Å². The Kier molecular flexibility index (Phi) is 1.37. The number of aromatic nitrogens is 4. The molecular formula is C7H5N4. The van der Waals surface area contributed by atoms with Gasteiger partial charge in [0.1, 0.15) is 18.9 Å². The number of pyridine rings is 1. The molecule has 2 heterocycles. The molecule has 0 aromatic carbocycles. The fraction of sp³-hybridized carbons (Fsp3) is 0. The predicted octanol–water partition coefficient (Wildman–Crippen LogP) is 0.462. The summed E-state index contributed by atoms with van der Waals surface area (Å²) in [7, 11) is 0. The van der Waals surface area contributed by atoms with Crippen LogP contribution in [0.4, 0.5) is 0 Å². The van der Waals surface area contributed by atoms with Crippen LogP contribution in [0.1, 0.15) is 0 Å². The van der Waals surface area contributed by atoms with E-state index in [4.69, 9.17) is 0 Å². The molecule has 0 atom stereocenters. The first-order valence-electron chi connectivity index (χ1n) is 3.14. The quantitative estimate of drug-likeness (QED) is 0.585. The molecule has 4 heteroatoms. The topological polar surface area (TPSA) is 43.6 Å². The van der Waals surface area contributed by atoms with Gasteiger partial charge in [-0.3, -0.25) is 4.98 Å². The lowest BCUT2D eigenvalue weighted by Crippen LogP contribution is -1.93. The molecule has 0 saturated heterocycles. The first kappa shape index (κ1) is 6.03. The van der Waals surface area contributed by atoms with E-state index in [-0.39, 0.29) is 0 Å². The van der Waals surface area contributed by atoms with Crippen LogP contribution in [0.3, 0.4) is 0 Å². The van der Waals surface area contributed by atoms with Gasteiger partial charge in [0.05, 0.1) is 5.69 Å². The minimum absolute atomic E-state index is 0.796. The number of nitrogens with zero attached hydrogens (tertiary/aromatic N) is 4. The second-order valence-corrected chi connectivity index (χ2v) is 1.97. The van der Waals surface area contributed by atoms with Crippen LogP contribution in [0, 0.1) is 6.20 Å². The summed E-state index contributed by atoms with van der Waals surface area (Å²) in [6.07, 6.45) is 7.53. The fourth-order valence-electron chi connectivity index (χ4n) is 0.778. The van der Waals surface area contributed by atoms with E-state index in [2.05, 4.69) is 21.3 Å². The van der Waals surface area contributed by atoms with Crippen LogP contribution < -0.4 is 0 Å². The highest BCUT2D eigenvalue weighted by Gasteiger charge is 1.93. The summed E-state index contributed by atoms with van der Waals surface area (Å²) in [6, 6.07) is 3.69. The maximum Gasteiger partial charge on any atom is 0.138 e. The van der Waals surface area contributed by atoms with Crippen LogP contribution in [-0.2, 0) is 0 Å². The molecule has 0 spiro atoms. The van der Waals surface area contributed by atoms with E-state index in [1.807, 2.05) is 12.1 Å². The van der Waals surface area contributed by atoms with Crippen molar-refractivity contribution < 1.29 is 0 Å². The Labute approximate surface area is 63.5 Å². The first-order chi connectivity index (χ1) is 5.47. The highest BCUT2D eigenvalue weighted by Crippen LogP contribution is 1.98. The molecule has 0 amide bonds. The normalized spacial score (nSPS) is 9.82. The molecule has 2 aromatic heterocycles. The number of hydrogen-bond acceptors (Lipinski definition) is 3. The molecule has 0 saturated carbocycles. The summed E-state index contributed by atoms with van der Waals surface area (Å²) >= 11 is 0. The molecule has 0 bridgehead atoms. The van der Waals surface area contributed by atoms with Crippen molar-refractivity contribution in [3.63, 3.8) is 0 Å². The highest BCUT2D eigenvalue weighted by molar-refractivity contribution is 5.23. The second-order valence-electron chi connectivity index (χ2n) is 1.97. The third kappa shape index (κ3) is 1.10. The Morgan fingerprint density at radius 2 is 2.45 bits per heavy atom. The average Bonchev–Trinajstić information content (AvgIpc) is 2.58. The molecule has 0 aliphatic rings. The molecule has 0 unspecified atom stereocenters. The van der Waals surface area contributed by atoms with Crippen LogP contribution in [-0.4, -0.2) is 19.7 Å². The minimum atomic E-state index is 0.796. The zero-order valence-electron chi connectivity index (χ0n) is 5.68. The van der Waals surface area contributed by atoms with Crippen LogP contribution in [0.5, 0.6) is 0 Å². The smallest absolute Gasteiger partial charge is 0.138 e.